The Bertz CT molecular complexity index is 481. The number of hydrogen-bond donors (Lipinski definition) is 1. The van der Waals surface area contributed by atoms with Crippen LogP contribution < -0.4 is 0 Å². The van der Waals surface area contributed by atoms with Crippen LogP contribution in [0.15, 0.2) is 18.2 Å². The molecule has 24 heavy (non-hydrogen) atoms. The molecule has 1 N–H and O–H groups in total. The summed E-state index contributed by atoms with van der Waals surface area (Å²) in [6, 6.07) is 5.43. The second-order valence-corrected chi connectivity index (χ2v) is 7.41. The highest BCUT2D eigenvalue weighted by Crippen LogP contribution is 2.40. The van der Waals surface area contributed by atoms with Crippen LogP contribution >= 0.6 is 0 Å². The Morgan fingerprint density at radius 1 is 1.12 bits per heavy atom. The second-order valence-electron chi connectivity index (χ2n) is 7.41. The van der Waals surface area contributed by atoms with Crippen molar-refractivity contribution >= 4 is 0 Å². The fourth-order valence-corrected chi connectivity index (χ4v) is 4.12. The summed E-state index contributed by atoms with van der Waals surface area (Å²) in [6.07, 6.45) is 10.7. The van der Waals surface area contributed by atoms with Gasteiger partial charge < -0.3 is 0 Å². The molecule has 1 aromatic rings. The second kappa shape index (κ2) is 10.1. The van der Waals surface area contributed by atoms with Gasteiger partial charge in [-0.05, 0) is 49.1 Å². The molecule has 0 radical (unpaired) electrons. The van der Waals surface area contributed by atoms with E-state index < -0.39 is 6.10 Å². The van der Waals surface area contributed by atoms with Gasteiger partial charge in [-0.1, -0.05) is 64.5 Å². The van der Waals surface area contributed by atoms with Gasteiger partial charge in [0.2, 0.25) is 0 Å². The van der Waals surface area contributed by atoms with Crippen LogP contribution in [0.2, 0.25) is 0 Å². The smallest absolute Gasteiger partial charge is 0.129 e. The molecule has 1 aliphatic carbocycles. The van der Waals surface area contributed by atoms with Crippen LogP contribution in [0.1, 0.15) is 88.9 Å². The van der Waals surface area contributed by atoms with Gasteiger partial charge in [-0.2, -0.15) is 0 Å². The molecule has 0 heterocycles. The summed E-state index contributed by atoms with van der Waals surface area (Å²) in [5.41, 5.74) is 1.55. The van der Waals surface area contributed by atoms with E-state index in [-0.39, 0.29) is 11.7 Å². The molecule has 136 valence electrons. The van der Waals surface area contributed by atoms with Crippen molar-refractivity contribution in [2.24, 2.45) is 11.8 Å². The first kappa shape index (κ1) is 19.4. The lowest BCUT2D eigenvalue weighted by Gasteiger charge is -2.32. The number of rotatable bonds is 9. The minimum atomic E-state index is -0.530. The third kappa shape index (κ3) is 5.29. The summed E-state index contributed by atoms with van der Waals surface area (Å²) >= 11 is 0. The van der Waals surface area contributed by atoms with E-state index >= 15 is 0 Å². The number of unbranched alkanes of at least 4 members (excludes halogenated alkanes) is 2. The molecule has 1 saturated carbocycles. The Balaban J connectivity index is 2.00. The molecule has 0 bridgehead atoms. The fourth-order valence-electron chi connectivity index (χ4n) is 4.12. The maximum atomic E-state index is 14.6. The standard InChI is InChI=1S/C21H33FO2/c1-3-5-6-8-17-11-14-19(20(22)15-17)21(24-23)18-12-9-16(7-4-2)10-13-18/h11,14-16,18,21,23H,3-10,12-13H2,1-2H3. The lowest BCUT2D eigenvalue weighted by atomic mass is 9.76. The highest BCUT2D eigenvalue weighted by molar-refractivity contribution is 5.27. The van der Waals surface area contributed by atoms with Gasteiger partial charge in [0, 0.05) is 5.56 Å². The van der Waals surface area contributed by atoms with Crippen molar-refractivity contribution in [1.82, 2.24) is 0 Å². The summed E-state index contributed by atoms with van der Waals surface area (Å²) in [7, 11) is 0. The zero-order chi connectivity index (χ0) is 17.4. The number of halogens is 1. The quantitative estimate of drug-likeness (QED) is 0.309. The SMILES string of the molecule is CCCCCc1ccc(C(OO)C2CCC(CCC)CC2)c(F)c1. The van der Waals surface area contributed by atoms with Crippen LogP contribution in [0.3, 0.4) is 0 Å². The van der Waals surface area contributed by atoms with E-state index in [2.05, 4.69) is 13.8 Å². The number of hydrogen-bond acceptors (Lipinski definition) is 2. The average molecular weight is 336 g/mol. The van der Waals surface area contributed by atoms with Gasteiger partial charge in [0.15, 0.2) is 0 Å². The van der Waals surface area contributed by atoms with Crippen molar-refractivity contribution in [3.63, 3.8) is 0 Å². The third-order valence-electron chi connectivity index (χ3n) is 5.57. The Morgan fingerprint density at radius 3 is 2.46 bits per heavy atom. The van der Waals surface area contributed by atoms with Crippen molar-refractivity contribution in [2.45, 2.75) is 84.2 Å². The van der Waals surface area contributed by atoms with Crippen LogP contribution in [-0.4, -0.2) is 5.26 Å². The maximum absolute atomic E-state index is 14.6. The van der Waals surface area contributed by atoms with Crippen molar-refractivity contribution in [3.05, 3.63) is 35.1 Å². The van der Waals surface area contributed by atoms with E-state index in [1.165, 1.54) is 25.7 Å². The zero-order valence-electron chi connectivity index (χ0n) is 15.3. The highest BCUT2D eigenvalue weighted by atomic mass is 19.1. The van der Waals surface area contributed by atoms with E-state index in [0.717, 1.165) is 50.0 Å². The predicted molar refractivity (Wildman–Crippen MR) is 96.4 cm³/mol. The minimum Gasteiger partial charge on any atom is -0.251 e. The van der Waals surface area contributed by atoms with Crippen LogP contribution in [-0.2, 0) is 11.3 Å². The van der Waals surface area contributed by atoms with E-state index in [1.807, 2.05) is 12.1 Å². The van der Waals surface area contributed by atoms with Crippen molar-refractivity contribution < 1.29 is 14.5 Å². The van der Waals surface area contributed by atoms with Crippen LogP contribution in [0.5, 0.6) is 0 Å². The summed E-state index contributed by atoms with van der Waals surface area (Å²) in [6.45, 7) is 4.39. The van der Waals surface area contributed by atoms with E-state index in [9.17, 15) is 9.65 Å². The molecule has 1 aromatic carbocycles. The van der Waals surface area contributed by atoms with E-state index in [4.69, 9.17) is 4.89 Å². The van der Waals surface area contributed by atoms with Crippen molar-refractivity contribution in [3.8, 4) is 0 Å². The van der Waals surface area contributed by atoms with Crippen LogP contribution in [0, 0.1) is 17.7 Å². The van der Waals surface area contributed by atoms with E-state index in [0.29, 0.717) is 5.56 Å². The fraction of sp³-hybridized carbons (Fsp3) is 0.714. The molecule has 3 heteroatoms. The largest absolute Gasteiger partial charge is 0.251 e. The highest BCUT2D eigenvalue weighted by Gasteiger charge is 2.31. The third-order valence-corrected chi connectivity index (χ3v) is 5.57. The Morgan fingerprint density at radius 2 is 1.88 bits per heavy atom. The molecule has 2 nitrogen and oxygen atoms in total. The first-order chi connectivity index (χ1) is 11.7. The molecule has 1 aliphatic rings. The lowest BCUT2D eigenvalue weighted by Crippen LogP contribution is -2.22. The first-order valence-corrected chi connectivity index (χ1v) is 9.78. The zero-order valence-corrected chi connectivity index (χ0v) is 15.3. The Labute approximate surface area is 146 Å². The minimum absolute atomic E-state index is 0.212. The summed E-state index contributed by atoms with van der Waals surface area (Å²) in [5.74, 6) is 0.763. The van der Waals surface area contributed by atoms with Crippen LogP contribution in [0.25, 0.3) is 0 Å². The Kier molecular flexibility index (Phi) is 8.20. The topological polar surface area (TPSA) is 29.5 Å². The molecular weight excluding hydrogens is 303 g/mol. The van der Waals surface area contributed by atoms with Gasteiger partial charge in [0.1, 0.15) is 11.9 Å². The van der Waals surface area contributed by atoms with Gasteiger partial charge in [0.05, 0.1) is 0 Å². The Hall–Kier alpha value is -0.930. The van der Waals surface area contributed by atoms with Gasteiger partial charge in [-0.15, -0.1) is 0 Å². The molecule has 0 aromatic heterocycles. The normalized spacial score (nSPS) is 22.5. The predicted octanol–water partition coefficient (Wildman–Crippen LogP) is 6.70. The molecule has 2 rings (SSSR count). The molecule has 0 aliphatic heterocycles. The lowest BCUT2D eigenvalue weighted by molar-refractivity contribution is -0.296. The van der Waals surface area contributed by atoms with Gasteiger partial charge in [-0.25, -0.2) is 9.28 Å². The van der Waals surface area contributed by atoms with Gasteiger partial charge >= 0.3 is 0 Å². The summed E-state index contributed by atoms with van der Waals surface area (Å²) < 4.78 is 14.6. The van der Waals surface area contributed by atoms with Crippen molar-refractivity contribution in [2.75, 3.05) is 0 Å². The molecule has 0 saturated heterocycles. The number of benzene rings is 1. The monoisotopic (exact) mass is 336 g/mol. The summed E-state index contributed by atoms with van der Waals surface area (Å²) in [4.78, 5) is 4.75. The first-order valence-electron chi connectivity index (χ1n) is 9.78. The maximum Gasteiger partial charge on any atom is 0.129 e. The van der Waals surface area contributed by atoms with Crippen molar-refractivity contribution in [1.29, 1.82) is 0 Å². The molecule has 0 spiro atoms. The molecule has 1 unspecified atom stereocenters. The average Bonchev–Trinajstić information content (AvgIpc) is 2.59. The van der Waals surface area contributed by atoms with Crippen LogP contribution in [0.4, 0.5) is 4.39 Å². The molecule has 1 fully saturated rings. The summed E-state index contributed by atoms with van der Waals surface area (Å²) in [5, 5.41) is 9.40. The molecule has 0 amide bonds. The number of aryl methyl sites for hydroxylation is 1. The van der Waals surface area contributed by atoms with E-state index in [1.54, 1.807) is 6.07 Å². The van der Waals surface area contributed by atoms with Gasteiger partial charge in [0.25, 0.3) is 0 Å². The molecule has 1 atom stereocenters. The molecular formula is C21H33FO2. The van der Waals surface area contributed by atoms with Gasteiger partial charge in [-0.3, -0.25) is 5.26 Å².